The predicted octanol–water partition coefficient (Wildman–Crippen LogP) is 3.10. The number of nitrogen functional groups attached to an aromatic ring is 1. The second-order valence-electron chi connectivity index (χ2n) is 3.78. The first kappa shape index (κ1) is 11.5. The van der Waals surface area contributed by atoms with Crippen LogP contribution in [0.5, 0.6) is 5.75 Å². The monoisotopic (exact) mass is 246 g/mol. The number of hydrogen-bond acceptors (Lipinski definition) is 3. The van der Waals surface area contributed by atoms with Crippen molar-refractivity contribution in [2.75, 3.05) is 5.73 Å². The van der Waals surface area contributed by atoms with E-state index in [1.807, 2.05) is 24.3 Å². The molecule has 86 valence electrons. The largest absolute Gasteiger partial charge is 0.507 e. The Balaban J connectivity index is 0.00000108. The van der Waals surface area contributed by atoms with Gasteiger partial charge >= 0.3 is 0 Å². The van der Waals surface area contributed by atoms with Crippen LogP contribution < -0.4 is 5.73 Å². The van der Waals surface area contributed by atoms with E-state index in [-0.39, 0.29) is 18.2 Å². The van der Waals surface area contributed by atoms with E-state index in [1.165, 1.54) is 0 Å². The summed E-state index contributed by atoms with van der Waals surface area (Å²) in [5.41, 5.74) is 7.29. The fourth-order valence-corrected chi connectivity index (χ4v) is 1.97. The summed E-state index contributed by atoms with van der Waals surface area (Å²) in [6.07, 6.45) is 1.74. The number of fused-ring (bicyclic) bond motifs is 3. The minimum absolute atomic E-state index is 0. The van der Waals surface area contributed by atoms with Crippen molar-refractivity contribution in [3.8, 4) is 5.75 Å². The maximum Gasteiger partial charge on any atom is 0.124 e. The van der Waals surface area contributed by atoms with E-state index in [2.05, 4.69) is 4.98 Å². The number of hydrogen-bond donors (Lipinski definition) is 2. The lowest BCUT2D eigenvalue weighted by Gasteiger charge is -2.06. The molecule has 1 aromatic heterocycles. The normalized spacial score (nSPS) is 10.4. The van der Waals surface area contributed by atoms with Crippen LogP contribution in [0.3, 0.4) is 0 Å². The molecule has 0 fully saturated rings. The molecule has 0 atom stereocenters. The van der Waals surface area contributed by atoms with Gasteiger partial charge in [-0.05, 0) is 30.3 Å². The highest BCUT2D eigenvalue weighted by atomic mass is 35.5. The highest BCUT2D eigenvalue weighted by molar-refractivity contribution is 6.08. The number of aromatic nitrogens is 1. The summed E-state index contributed by atoms with van der Waals surface area (Å²) in [5, 5.41) is 12.5. The van der Waals surface area contributed by atoms with Gasteiger partial charge in [0.15, 0.2) is 0 Å². The molecule has 1 heterocycles. The van der Waals surface area contributed by atoms with Crippen LogP contribution in [0.15, 0.2) is 42.6 Å². The molecule has 0 bridgehead atoms. The number of anilines is 1. The minimum atomic E-state index is 0. The lowest BCUT2D eigenvalue weighted by molar-refractivity contribution is 0.482. The smallest absolute Gasteiger partial charge is 0.124 e. The number of halogens is 1. The molecule has 0 unspecified atom stereocenters. The molecular weight excluding hydrogens is 236 g/mol. The maximum absolute atomic E-state index is 9.89. The third kappa shape index (κ3) is 1.74. The number of phenols is 1. The zero-order valence-electron chi connectivity index (χ0n) is 8.92. The second kappa shape index (κ2) is 4.11. The topological polar surface area (TPSA) is 59.1 Å². The van der Waals surface area contributed by atoms with E-state index in [1.54, 1.807) is 18.3 Å². The van der Waals surface area contributed by atoms with E-state index >= 15 is 0 Å². The van der Waals surface area contributed by atoms with E-state index < -0.39 is 0 Å². The predicted molar refractivity (Wildman–Crippen MR) is 72.6 cm³/mol. The first-order valence-electron chi connectivity index (χ1n) is 5.01. The van der Waals surface area contributed by atoms with Crippen LogP contribution in [0.25, 0.3) is 21.7 Å². The lowest BCUT2D eigenvalue weighted by atomic mass is 10.0. The highest BCUT2D eigenvalue weighted by Gasteiger charge is 2.06. The lowest BCUT2D eigenvalue weighted by Crippen LogP contribution is -1.86. The molecule has 3 aromatic rings. The number of aromatic hydroxyl groups is 1. The number of benzene rings is 2. The van der Waals surface area contributed by atoms with Crippen molar-refractivity contribution >= 4 is 39.8 Å². The van der Waals surface area contributed by atoms with Gasteiger partial charge in [0, 0.05) is 28.0 Å². The van der Waals surface area contributed by atoms with E-state index in [9.17, 15) is 5.11 Å². The standard InChI is InChI=1S/C13H10N2O.ClH/c14-9-3-4-10-11(7-9)13-8(6-12(10)16)2-1-5-15-13;/h1-7,16H,14H2;1H. The number of nitrogens with zero attached hydrogens (tertiary/aromatic N) is 1. The Bertz CT molecular complexity index is 697. The molecule has 0 radical (unpaired) electrons. The number of phenolic OH excluding ortho intramolecular Hbond substituents is 1. The number of rotatable bonds is 0. The van der Waals surface area contributed by atoms with Crippen molar-refractivity contribution in [3.63, 3.8) is 0 Å². The Morgan fingerprint density at radius 1 is 1.06 bits per heavy atom. The third-order valence-electron chi connectivity index (χ3n) is 2.71. The Morgan fingerprint density at radius 2 is 1.88 bits per heavy atom. The van der Waals surface area contributed by atoms with Crippen LogP contribution in [0.2, 0.25) is 0 Å². The molecule has 17 heavy (non-hydrogen) atoms. The molecule has 0 spiro atoms. The van der Waals surface area contributed by atoms with Gasteiger partial charge in [-0.3, -0.25) is 4.98 Å². The zero-order chi connectivity index (χ0) is 11.1. The van der Waals surface area contributed by atoms with E-state index in [0.717, 1.165) is 21.7 Å². The van der Waals surface area contributed by atoms with Crippen LogP contribution in [0, 0.1) is 0 Å². The summed E-state index contributed by atoms with van der Waals surface area (Å²) in [6.45, 7) is 0. The number of pyridine rings is 1. The molecule has 0 amide bonds. The SMILES string of the molecule is Cl.Nc1ccc2c(O)cc3cccnc3c2c1. The number of nitrogens with two attached hydrogens (primary N) is 1. The summed E-state index contributed by atoms with van der Waals surface area (Å²) in [7, 11) is 0. The van der Waals surface area contributed by atoms with E-state index in [4.69, 9.17) is 5.73 Å². The summed E-state index contributed by atoms with van der Waals surface area (Å²) in [5.74, 6) is 0.260. The molecule has 0 saturated heterocycles. The quantitative estimate of drug-likeness (QED) is 0.473. The maximum atomic E-state index is 9.89. The van der Waals surface area contributed by atoms with Gasteiger partial charge < -0.3 is 10.8 Å². The van der Waals surface area contributed by atoms with Crippen molar-refractivity contribution in [2.45, 2.75) is 0 Å². The van der Waals surface area contributed by atoms with Crippen molar-refractivity contribution < 1.29 is 5.11 Å². The van der Waals surface area contributed by atoms with Gasteiger partial charge in [0.1, 0.15) is 5.75 Å². The first-order chi connectivity index (χ1) is 7.75. The minimum Gasteiger partial charge on any atom is -0.507 e. The van der Waals surface area contributed by atoms with Crippen LogP contribution in [0.4, 0.5) is 5.69 Å². The molecule has 0 aliphatic heterocycles. The van der Waals surface area contributed by atoms with E-state index in [0.29, 0.717) is 5.69 Å². The molecule has 0 aliphatic rings. The molecule has 0 saturated carbocycles. The Morgan fingerprint density at radius 3 is 2.71 bits per heavy atom. The van der Waals surface area contributed by atoms with Crippen LogP contribution in [0.1, 0.15) is 0 Å². The average Bonchev–Trinajstić information content (AvgIpc) is 2.29. The Kier molecular flexibility index (Phi) is 2.77. The molecule has 3 nitrogen and oxygen atoms in total. The van der Waals surface area contributed by atoms with Crippen molar-refractivity contribution in [3.05, 3.63) is 42.6 Å². The Labute approximate surface area is 104 Å². The molecule has 2 aromatic carbocycles. The van der Waals surface area contributed by atoms with Gasteiger partial charge in [0.25, 0.3) is 0 Å². The fourth-order valence-electron chi connectivity index (χ4n) is 1.97. The third-order valence-corrected chi connectivity index (χ3v) is 2.71. The van der Waals surface area contributed by atoms with Gasteiger partial charge in [0.05, 0.1) is 5.52 Å². The molecule has 0 aliphatic carbocycles. The molecular formula is C13H11ClN2O. The molecule has 3 N–H and O–H groups in total. The van der Waals surface area contributed by atoms with Crippen molar-refractivity contribution in [1.82, 2.24) is 4.98 Å². The van der Waals surface area contributed by atoms with Gasteiger partial charge in [0.2, 0.25) is 0 Å². The first-order valence-corrected chi connectivity index (χ1v) is 5.01. The molecule has 3 rings (SSSR count). The summed E-state index contributed by atoms with van der Waals surface area (Å²) in [4.78, 5) is 4.32. The van der Waals surface area contributed by atoms with Crippen molar-refractivity contribution in [2.24, 2.45) is 0 Å². The van der Waals surface area contributed by atoms with Gasteiger partial charge in [-0.2, -0.15) is 0 Å². The fraction of sp³-hybridized carbons (Fsp3) is 0. The van der Waals surface area contributed by atoms with Crippen LogP contribution in [-0.2, 0) is 0 Å². The zero-order valence-corrected chi connectivity index (χ0v) is 9.74. The summed E-state index contributed by atoms with van der Waals surface area (Å²) in [6, 6.07) is 10.9. The van der Waals surface area contributed by atoms with Gasteiger partial charge in [-0.25, -0.2) is 0 Å². The molecule has 4 heteroatoms. The second-order valence-corrected chi connectivity index (χ2v) is 3.78. The van der Waals surface area contributed by atoms with Crippen LogP contribution >= 0.6 is 12.4 Å². The Hall–Kier alpha value is -2.00. The average molecular weight is 247 g/mol. The highest BCUT2D eigenvalue weighted by Crippen LogP contribution is 2.32. The summed E-state index contributed by atoms with van der Waals surface area (Å²) < 4.78 is 0. The summed E-state index contributed by atoms with van der Waals surface area (Å²) >= 11 is 0. The van der Waals surface area contributed by atoms with Crippen LogP contribution in [-0.4, -0.2) is 10.1 Å². The van der Waals surface area contributed by atoms with Crippen molar-refractivity contribution in [1.29, 1.82) is 0 Å². The van der Waals surface area contributed by atoms with Gasteiger partial charge in [-0.1, -0.05) is 6.07 Å². The van der Waals surface area contributed by atoms with Gasteiger partial charge in [-0.15, -0.1) is 12.4 Å².